The molecular formula is C9H11N3O2S. The van der Waals surface area contributed by atoms with E-state index < -0.39 is 10.0 Å². The van der Waals surface area contributed by atoms with Gasteiger partial charge in [-0.3, -0.25) is 9.82 Å². The fourth-order valence-electron chi connectivity index (χ4n) is 1.26. The molecular weight excluding hydrogens is 214 g/mol. The lowest BCUT2D eigenvalue weighted by Crippen LogP contribution is -2.14. The molecule has 2 N–H and O–H groups in total. The van der Waals surface area contributed by atoms with E-state index in [0.717, 1.165) is 10.9 Å². The standard InChI is InChI=1S/C9H11N3O2S/c1-2-15(13,14)12-9-7-5-3-4-6-8(7)10-11-9/h3-6H,2H2,1H3,(H2,10,11,12). The van der Waals surface area contributed by atoms with E-state index in [4.69, 9.17) is 0 Å². The first-order chi connectivity index (χ1) is 7.12. The maximum atomic E-state index is 11.3. The zero-order chi connectivity index (χ0) is 10.9. The second-order valence-electron chi connectivity index (χ2n) is 3.12. The van der Waals surface area contributed by atoms with Crippen LogP contribution in [0, 0.1) is 0 Å². The van der Waals surface area contributed by atoms with Crippen molar-refractivity contribution in [2.45, 2.75) is 6.92 Å². The summed E-state index contributed by atoms with van der Waals surface area (Å²) in [7, 11) is -3.27. The zero-order valence-corrected chi connectivity index (χ0v) is 9.00. The minimum atomic E-state index is -3.27. The zero-order valence-electron chi connectivity index (χ0n) is 8.19. The minimum Gasteiger partial charge on any atom is -0.276 e. The van der Waals surface area contributed by atoms with Crippen LogP contribution >= 0.6 is 0 Å². The molecule has 0 saturated carbocycles. The molecule has 2 aromatic rings. The summed E-state index contributed by atoms with van der Waals surface area (Å²) in [6.45, 7) is 1.58. The number of rotatable bonds is 3. The highest BCUT2D eigenvalue weighted by atomic mass is 32.2. The van der Waals surface area contributed by atoms with Crippen LogP contribution in [0.4, 0.5) is 5.82 Å². The molecule has 0 aliphatic carbocycles. The van der Waals surface area contributed by atoms with Gasteiger partial charge in [-0.1, -0.05) is 12.1 Å². The predicted octanol–water partition coefficient (Wildman–Crippen LogP) is 1.32. The van der Waals surface area contributed by atoms with E-state index in [1.54, 1.807) is 6.92 Å². The fourth-order valence-corrected chi connectivity index (χ4v) is 1.86. The number of H-pyrrole nitrogens is 1. The third-order valence-corrected chi connectivity index (χ3v) is 3.37. The van der Waals surface area contributed by atoms with Crippen LogP contribution in [0.1, 0.15) is 6.92 Å². The summed E-state index contributed by atoms with van der Waals surface area (Å²) in [6, 6.07) is 7.35. The van der Waals surface area contributed by atoms with Crippen LogP contribution in [0.15, 0.2) is 24.3 Å². The van der Waals surface area contributed by atoms with Gasteiger partial charge in [0.1, 0.15) is 0 Å². The number of anilines is 1. The Balaban J connectivity index is 2.46. The highest BCUT2D eigenvalue weighted by molar-refractivity contribution is 7.92. The number of aromatic amines is 1. The van der Waals surface area contributed by atoms with Crippen LogP contribution < -0.4 is 4.72 Å². The van der Waals surface area contributed by atoms with Gasteiger partial charge in [-0.2, -0.15) is 5.10 Å². The van der Waals surface area contributed by atoms with Gasteiger partial charge in [-0.25, -0.2) is 8.42 Å². The number of sulfonamides is 1. The predicted molar refractivity (Wildman–Crippen MR) is 59.2 cm³/mol. The van der Waals surface area contributed by atoms with Gasteiger partial charge in [0.25, 0.3) is 0 Å². The number of fused-ring (bicyclic) bond motifs is 1. The molecule has 0 fully saturated rings. The quantitative estimate of drug-likeness (QED) is 0.827. The molecule has 15 heavy (non-hydrogen) atoms. The lowest BCUT2D eigenvalue weighted by atomic mass is 10.2. The molecule has 2 rings (SSSR count). The molecule has 0 spiro atoms. The molecule has 0 radical (unpaired) electrons. The van der Waals surface area contributed by atoms with Gasteiger partial charge in [0.2, 0.25) is 10.0 Å². The molecule has 0 atom stereocenters. The molecule has 5 nitrogen and oxygen atoms in total. The monoisotopic (exact) mass is 225 g/mol. The summed E-state index contributed by atoms with van der Waals surface area (Å²) in [5.41, 5.74) is 0.811. The molecule has 1 aromatic heterocycles. The third kappa shape index (κ3) is 1.94. The number of aromatic nitrogens is 2. The van der Waals surface area contributed by atoms with Crippen molar-refractivity contribution in [2.75, 3.05) is 10.5 Å². The second-order valence-corrected chi connectivity index (χ2v) is 5.13. The highest BCUT2D eigenvalue weighted by Gasteiger charge is 2.11. The number of para-hydroxylation sites is 1. The van der Waals surface area contributed by atoms with Gasteiger partial charge in [0.15, 0.2) is 5.82 Å². The smallest absolute Gasteiger partial charge is 0.233 e. The summed E-state index contributed by atoms with van der Waals surface area (Å²) >= 11 is 0. The Kier molecular flexibility index (Phi) is 2.36. The van der Waals surface area contributed by atoms with Crippen LogP contribution in [0.3, 0.4) is 0 Å². The Morgan fingerprint density at radius 3 is 2.87 bits per heavy atom. The maximum Gasteiger partial charge on any atom is 0.233 e. The number of hydrogen-bond acceptors (Lipinski definition) is 3. The van der Waals surface area contributed by atoms with Crippen molar-refractivity contribution in [1.82, 2.24) is 10.2 Å². The fraction of sp³-hybridized carbons (Fsp3) is 0.222. The van der Waals surface area contributed by atoms with Crippen molar-refractivity contribution in [2.24, 2.45) is 0 Å². The molecule has 1 aromatic carbocycles. The first-order valence-corrected chi connectivity index (χ1v) is 6.21. The first kappa shape index (κ1) is 9.97. The Bertz CT molecular complexity index is 574. The van der Waals surface area contributed by atoms with E-state index in [0.29, 0.717) is 5.82 Å². The van der Waals surface area contributed by atoms with Crippen molar-refractivity contribution in [3.05, 3.63) is 24.3 Å². The Morgan fingerprint density at radius 2 is 2.13 bits per heavy atom. The van der Waals surface area contributed by atoms with Crippen LogP contribution in [-0.2, 0) is 10.0 Å². The number of hydrogen-bond donors (Lipinski definition) is 2. The topological polar surface area (TPSA) is 74.8 Å². The van der Waals surface area contributed by atoms with Gasteiger partial charge in [0, 0.05) is 5.39 Å². The van der Waals surface area contributed by atoms with Gasteiger partial charge in [-0.15, -0.1) is 0 Å². The van der Waals surface area contributed by atoms with Gasteiger partial charge >= 0.3 is 0 Å². The van der Waals surface area contributed by atoms with E-state index in [9.17, 15) is 8.42 Å². The molecule has 1 heterocycles. The molecule has 0 aliphatic rings. The molecule has 0 unspecified atom stereocenters. The average Bonchev–Trinajstić information content (AvgIpc) is 2.62. The van der Waals surface area contributed by atoms with E-state index in [1.165, 1.54) is 0 Å². The molecule has 0 aliphatic heterocycles. The molecule has 0 bridgehead atoms. The van der Waals surface area contributed by atoms with E-state index >= 15 is 0 Å². The average molecular weight is 225 g/mol. The van der Waals surface area contributed by atoms with Crippen LogP contribution in [-0.4, -0.2) is 24.4 Å². The highest BCUT2D eigenvalue weighted by Crippen LogP contribution is 2.20. The summed E-state index contributed by atoms with van der Waals surface area (Å²) in [5, 5.41) is 7.44. The largest absolute Gasteiger partial charge is 0.276 e. The van der Waals surface area contributed by atoms with Crippen LogP contribution in [0.2, 0.25) is 0 Å². The molecule has 6 heteroatoms. The van der Waals surface area contributed by atoms with Crippen molar-refractivity contribution >= 4 is 26.7 Å². The SMILES string of the molecule is CCS(=O)(=O)Nc1n[nH]c2ccccc12. The minimum absolute atomic E-state index is 0.0359. The molecule has 80 valence electrons. The Hall–Kier alpha value is -1.56. The van der Waals surface area contributed by atoms with Crippen molar-refractivity contribution in [3.8, 4) is 0 Å². The lowest BCUT2D eigenvalue weighted by molar-refractivity contribution is 0.602. The Morgan fingerprint density at radius 1 is 1.40 bits per heavy atom. The first-order valence-electron chi connectivity index (χ1n) is 4.56. The summed E-state index contributed by atoms with van der Waals surface area (Å²) < 4.78 is 25.1. The van der Waals surface area contributed by atoms with Gasteiger partial charge in [-0.05, 0) is 19.1 Å². The summed E-state index contributed by atoms with van der Waals surface area (Å²) in [4.78, 5) is 0. The van der Waals surface area contributed by atoms with Crippen LogP contribution in [0.5, 0.6) is 0 Å². The van der Waals surface area contributed by atoms with Crippen molar-refractivity contribution in [3.63, 3.8) is 0 Å². The number of benzene rings is 1. The molecule has 0 amide bonds. The normalized spacial score (nSPS) is 11.8. The summed E-state index contributed by atoms with van der Waals surface area (Å²) in [5.74, 6) is 0.390. The molecule has 0 saturated heterocycles. The van der Waals surface area contributed by atoms with E-state index in [1.807, 2.05) is 24.3 Å². The van der Waals surface area contributed by atoms with Crippen molar-refractivity contribution in [1.29, 1.82) is 0 Å². The van der Waals surface area contributed by atoms with Gasteiger partial charge in [0.05, 0.1) is 11.3 Å². The number of nitrogens with zero attached hydrogens (tertiary/aromatic N) is 1. The second kappa shape index (κ2) is 3.54. The summed E-state index contributed by atoms with van der Waals surface area (Å²) in [6.07, 6.45) is 0. The lowest BCUT2D eigenvalue weighted by Gasteiger charge is -2.01. The third-order valence-electron chi connectivity index (χ3n) is 2.10. The van der Waals surface area contributed by atoms with Crippen molar-refractivity contribution < 1.29 is 8.42 Å². The van der Waals surface area contributed by atoms with E-state index in [-0.39, 0.29) is 5.75 Å². The van der Waals surface area contributed by atoms with Gasteiger partial charge < -0.3 is 0 Å². The maximum absolute atomic E-state index is 11.3. The van der Waals surface area contributed by atoms with Crippen LogP contribution in [0.25, 0.3) is 10.9 Å². The number of nitrogens with one attached hydrogen (secondary N) is 2. The van der Waals surface area contributed by atoms with E-state index in [2.05, 4.69) is 14.9 Å². The Labute approximate surface area is 87.6 Å².